The van der Waals surface area contributed by atoms with Gasteiger partial charge in [-0.25, -0.2) is 8.42 Å². The van der Waals surface area contributed by atoms with Crippen LogP contribution in [0.1, 0.15) is 98.7 Å². The minimum absolute atomic E-state index is 0.0123. The lowest BCUT2D eigenvalue weighted by molar-refractivity contribution is -0.384. The van der Waals surface area contributed by atoms with Crippen molar-refractivity contribution >= 4 is 55.2 Å². The number of sulfone groups is 1. The second-order valence-corrected chi connectivity index (χ2v) is 24.4. The molecular formula is C55H65N9O9S. The molecule has 74 heavy (non-hydrogen) atoms. The Balaban J connectivity index is 0.887. The van der Waals surface area contributed by atoms with E-state index in [1.807, 2.05) is 17.0 Å². The van der Waals surface area contributed by atoms with E-state index in [0.29, 0.717) is 80.9 Å². The fourth-order valence-corrected chi connectivity index (χ4v) is 15.7. The highest BCUT2D eigenvalue weighted by Gasteiger charge is 2.51. The van der Waals surface area contributed by atoms with Gasteiger partial charge in [0.15, 0.2) is 11.4 Å². The highest BCUT2D eigenvalue weighted by molar-refractivity contribution is 7.91. The number of benzene rings is 3. The van der Waals surface area contributed by atoms with Crippen LogP contribution in [0, 0.1) is 21.4 Å². The monoisotopic (exact) mass is 1030 g/mol. The van der Waals surface area contributed by atoms with E-state index in [1.54, 1.807) is 18.3 Å². The van der Waals surface area contributed by atoms with E-state index >= 15 is 8.42 Å². The van der Waals surface area contributed by atoms with Gasteiger partial charge in [0.05, 0.1) is 52.1 Å². The Labute approximate surface area is 430 Å². The second-order valence-electron chi connectivity index (χ2n) is 22.5. The summed E-state index contributed by atoms with van der Waals surface area (Å²) < 4.78 is 57.1. The molecule has 1 amide bonds. The summed E-state index contributed by atoms with van der Waals surface area (Å²) >= 11 is 0. The van der Waals surface area contributed by atoms with Crippen LogP contribution < -0.4 is 30.3 Å². The molecule has 390 valence electrons. The van der Waals surface area contributed by atoms with Crippen LogP contribution in [0.25, 0.3) is 11.0 Å². The van der Waals surface area contributed by atoms with Crippen molar-refractivity contribution in [3.8, 4) is 11.6 Å². The highest BCUT2D eigenvalue weighted by atomic mass is 32.2. The number of ether oxygens (including phenoxy) is 4. The van der Waals surface area contributed by atoms with Crippen LogP contribution in [-0.4, -0.2) is 135 Å². The number of nitrogens with two attached hydrogens (primary N) is 1. The first kappa shape index (κ1) is 47.7. The Hall–Kier alpha value is -5.99. The van der Waals surface area contributed by atoms with Gasteiger partial charge in [0, 0.05) is 87.1 Å². The van der Waals surface area contributed by atoms with Crippen molar-refractivity contribution in [2.45, 2.75) is 117 Å². The largest absolute Gasteiger partial charge is 0.489 e. The van der Waals surface area contributed by atoms with Crippen LogP contribution in [0.15, 0.2) is 76.7 Å². The number of piperidine rings is 1. The van der Waals surface area contributed by atoms with Gasteiger partial charge in [0.25, 0.3) is 11.6 Å². The van der Waals surface area contributed by atoms with Crippen molar-refractivity contribution in [3.05, 3.63) is 93.7 Å². The number of aromatic amines is 1. The minimum atomic E-state index is -4.76. The van der Waals surface area contributed by atoms with Crippen LogP contribution in [0.2, 0.25) is 0 Å². The number of nitrogens with zero attached hydrogens (tertiary/aromatic N) is 6. The standard InChI is InChI=1S/C55H65N9O9S/c1-32(2)40-6-3-4-7-41(40)43-8-5-16-62(43)37-24-55(25-37)13-17-60(18-14-55)44-10-9-42(52(56)65)50(63-26-34-12-19-70-31-48(34)73-54-46(63)20-33-11-15-57-53(33)59-54)51(44)74(68,69)39-22-45(64(66)67)49-47(23-39)72-29-35(58-49)27-61-28-38-21-36(61)30-71-38/h3-4,6-7,9-11,15,20,22-23,32,34-38,43,48,58H,5,8,12-14,16-19,21,24-31H2,1-2H3,(H2,56,65)(H,57,59)/t34-,35+,36+,38+,43+,48-/m1/s1. The number of H-pyrrole nitrogens is 1. The van der Waals surface area contributed by atoms with Gasteiger partial charge in [0.2, 0.25) is 15.7 Å². The lowest BCUT2D eigenvalue weighted by Crippen LogP contribution is -2.55. The molecule has 1 aliphatic carbocycles. The number of nitro benzene ring substituents is 1. The van der Waals surface area contributed by atoms with Crippen molar-refractivity contribution < 1.29 is 37.1 Å². The Morgan fingerprint density at radius 3 is 2.59 bits per heavy atom. The van der Waals surface area contributed by atoms with E-state index < -0.39 is 32.5 Å². The molecule has 0 unspecified atom stereocenters. The van der Waals surface area contributed by atoms with E-state index in [0.717, 1.165) is 63.1 Å². The number of likely N-dealkylation sites (tertiary alicyclic amines) is 2. The average molecular weight is 1030 g/mol. The molecule has 9 heterocycles. The maximum atomic E-state index is 16.2. The van der Waals surface area contributed by atoms with Gasteiger partial charge < -0.3 is 44.8 Å². The summed E-state index contributed by atoms with van der Waals surface area (Å²) in [6, 6.07) is 19.4. The second kappa shape index (κ2) is 18.4. The predicted octanol–water partition coefficient (Wildman–Crippen LogP) is 7.69. The zero-order valence-electron chi connectivity index (χ0n) is 42.0. The molecule has 2 aromatic heterocycles. The van der Waals surface area contributed by atoms with Gasteiger partial charge in [-0.2, -0.15) is 4.98 Å². The third kappa shape index (κ3) is 8.15. The number of fused-ring (bicyclic) bond motifs is 6. The molecule has 1 saturated carbocycles. The third-order valence-electron chi connectivity index (χ3n) is 17.9. The molecule has 13 rings (SSSR count). The van der Waals surface area contributed by atoms with Crippen LogP contribution in [-0.2, 0) is 19.3 Å². The summed E-state index contributed by atoms with van der Waals surface area (Å²) in [5, 5.41) is 17.2. The number of anilines is 4. The van der Waals surface area contributed by atoms with Crippen LogP contribution in [0.5, 0.6) is 11.6 Å². The molecule has 5 saturated heterocycles. The van der Waals surface area contributed by atoms with Crippen molar-refractivity contribution in [1.82, 2.24) is 19.8 Å². The fourth-order valence-electron chi connectivity index (χ4n) is 14.0. The molecular weight excluding hydrogens is 963 g/mol. The van der Waals surface area contributed by atoms with Gasteiger partial charge in [-0.15, -0.1) is 0 Å². The molecule has 0 radical (unpaired) electrons. The number of hydrogen-bond donors (Lipinski definition) is 3. The van der Waals surface area contributed by atoms with Gasteiger partial charge in [0.1, 0.15) is 28.9 Å². The number of primary amides is 1. The molecule has 1 spiro atoms. The molecule has 5 aromatic rings. The number of rotatable bonds is 11. The smallest absolute Gasteiger partial charge is 0.297 e. The number of nitrogens with one attached hydrogen (secondary N) is 2. The fraction of sp³-hybridized carbons (Fsp3) is 0.527. The van der Waals surface area contributed by atoms with E-state index in [9.17, 15) is 14.9 Å². The summed E-state index contributed by atoms with van der Waals surface area (Å²) in [6.45, 7) is 10.0. The summed E-state index contributed by atoms with van der Waals surface area (Å²) in [4.78, 5) is 43.2. The highest BCUT2D eigenvalue weighted by Crippen LogP contribution is 2.56. The van der Waals surface area contributed by atoms with Gasteiger partial charge in [-0.05, 0) is 105 Å². The lowest BCUT2D eigenvalue weighted by atomic mass is 9.59. The number of pyridine rings is 1. The predicted molar refractivity (Wildman–Crippen MR) is 279 cm³/mol. The number of carbonyl (C=O) groups excluding carboxylic acids is 1. The average Bonchev–Trinajstić information content (AvgIpc) is 4.23. The molecule has 2 bridgehead atoms. The summed E-state index contributed by atoms with van der Waals surface area (Å²) in [6.07, 6.45) is 9.31. The Morgan fingerprint density at radius 2 is 1.82 bits per heavy atom. The number of hydrogen-bond acceptors (Lipinski definition) is 15. The first-order valence-electron chi connectivity index (χ1n) is 26.7. The Bertz CT molecular complexity index is 3150. The molecule has 6 fully saturated rings. The topological polar surface area (TPSA) is 211 Å². The normalized spacial score (nSPS) is 26.7. The number of nitro groups is 1. The number of carbonyl (C=O) groups is 1. The zero-order chi connectivity index (χ0) is 50.6. The quantitative estimate of drug-likeness (QED) is 0.0855. The van der Waals surface area contributed by atoms with Crippen molar-refractivity contribution in [1.29, 1.82) is 0 Å². The molecule has 6 atom stereocenters. The van der Waals surface area contributed by atoms with Gasteiger partial charge >= 0.3 is 0 Å². The first-order chi connectivity index (χ1) is 35.8. The van der Waals surface area contributed by atoms with E-state index in [2.05, 4.69) is 63.1 Å². The molecule has 8 aliphatic rings. The number of aromatic nitrogens is 2. The van der Waals surface area contributed by atoms with Crippen LogP contribution in [0.3, 0.4) is 0 Å². The molecule has 4 N–H and O–H groups in total. The van der Waals surface area contributed by atoms with Gasteiger partial charge in [-0.1, -0.05) is 38.1 Å². The van der Waals surface area contributed by atoms with Crippen molar-refractivity contribution in [2.24, 2.45) is 17.1 Å². The lowest BCUT2D eigenvalue weighted by Gasteiger charge is -2.56. The molecule has 18 nitrogen and oxygen atoms in total. The molecule has 7 aliphatic heterocycles. The van der Waals surface area contributed by atoms with Gasteiger partial charge in [-0.3, -0.25) is 24.7 Å². The van der Waals surface area contributed by atoms with E-state index in [1.165, 1.54) is 23.6 Å². The SMILES string of the molecule is CC(C)c1ccccc1[C@@H]1CCCN1C1CC2(CCN(c3ccc(C(N)=O)c(N4C[C@H]5CCOC[C@H]5Oc5nc6[nH]ccc6cc54)c3S(=O)(=O)c3cc4c(c([N+](=O)[O-])c3)N[C@@H](CN3C[C@@H]5C[C@H]3CO5)CO4)CC2)C1. The number of morpholine rings is 1. The maximum Gasteiger partial charge on any atom is 0.297 e. The first-order valence-corrected chi connectivity index (χ1v) is 28.2. The van der Waals surface area contributed by atoms with Crippen LogP contribution in [0.4, 0.5) is 28.4 Å². The summed E-state index contributed by atoms with van der Waals surface area (Å²) in [5.74, 6) is -0.216. The van der Waals surface area contributed by atoms with Crippen molar-refractivity contribution in [2.75, 3.05) is 80.8 Å². The third-order valence-corrected chi connectivity index (χ3v) is 19.7. The van der Waals surface area contributed by atoms with Crippen molar-refractivity contribution in [3.63, 3.8) is 0 Å². The maximum absolute atomic E-state index is 16.2. The minimum Gasteiger partial charge on any atom is -0.489 e. The summed E-state index contributed by atoms with van der Waals surface area (Å²) in [5.41, 5.74) is 10.5. The molecule has 19 heteroatoms. The van der Waals surface area contributed by atoms with Crippen LogP contribution >= 0.6 is 0 Å². The van der Waals surface area contributed by atoms with E-state index in [-0.39, 0.29) is 81.0 Å². The Kier molecular flexibility index (Phi) is 11.9. The molecule has 3 aromatic carbocycles. The Morgan fingerprint density at radius 1 is 0.986 bits per heavy atom. The zero-order valence-corrected chi connectivity index (χ0v) is 42.9. The van der Waals surface area contributed by atoms with E-state index in [4.69, 9.17) is 29.7 Å². The number of amides is 1. The summed E-state index contributed by atoms with van der Waals surface area (Å²) in [7, 11) is -4.76.